The van der Waals surface area contributed by atoms with Gasteiger partial charge in [-0.1, -0.05) is 6.07 Å². The molecule has 78 valence electrons. The van der Waals surface area contributed by atoms with Crippen LogP contribution in [0.1, 0.15) is 10.9 Å². The van der Waals surface area contributed by atoms with E-state index in [9.17, 15) is 5.11 Å². The molecule has 1 aliphatic rings. The highest BCUT2D eigenvalue weighted by Crippen LogP contribution is 2.41. The molecule has 3 nitrogen and oxygen atoms in total. The van der Waals surface area contributed by atoms with Crippen LogP contribution >= 0.6 is 11.3 Å². The Morgan fingerprint density at radius 2 is 2.50 bits per heavy atom. The van der Waals surface area contributed by atoms with Crippen LogP contribution < -0.4 is 5.32 Å². The second-order valence-corrected chi connectivity index (χ2v) is 4.73. The lowest BCUT2D eigenvalue weighted by Crippen LogP contribution is -2.53. The zero-order valence-corrected chi connectivity index (χ0v) is 9.01. The van der Waals surface area contributed by atoms with Crippen molar-refractivity contribution < 1.29 is 9.84 Å². The Morgan fingerprint density at radius 1 is 1.71 bits per heavy atom. The van der Waals surface area contributed by atoms with Crippen LogP contribution in [0.3, 0.4) is 0 Å². The fourth-order valence-corrected chi connectivity index (χ4v) is 2.89. The van der Waals surface area contributed by atoms with E-state index in [0.29, 0.717) is 13.2 Å². The maximum absolute atomic E-state index is 9.42. The summed E-state index contributed by atoms with van der Waals surface area (Å²) in [6.45, 7) is 1.47. The van der Waals surface area contributed by atoms with Crippen molar-refractivity contribution in [3.8, 4) is 0 Å². The largest absolute Gasteiger partial charge is 0.396 e. The summed E-state index contributed by atoms with van der Waals surface area (Å²) in [5.74, 6) is 0. The van der Waals surface area contributed by atoms with E-state index in [2.05, 4.69) is 16.8 Å². The highest BCUT2D eigenvalue weighted by molar-refractivity contribution is 7.10. The highest BCUT2D eigenvalue weighted by atomic mass is 32.1. The van der Waals surface area contributed by atoms with Crippen LogP contribution in [0.2, 0.25) is 0 Å². The predicted molar refractivity (Wildman–Crippen MR) is 56.5 cm³/mol. The van der Waals surface area contributed by atoms with Gasteiger partial charge in [0.1, 0.15) is 0 Å². The minimum absolute atomic E-state index is 0.112. The normalized spacial score (nSPS) is 21.6. The van der Waals surface area contributed by atoms with Crippen molar-refractivity contribution in [1.82, 2.24) is 5.32 Å². The molecule has 1 aliphatic heterocycles. The van der Waals surface area contributed by atoms with Gasteiger partial charge >= 0.3 is 0 Å². The molecule has 0 amide bonds. The lowest BCUT2D eigenvalue weighted by atomic mass is 9.78. The van der Waals surface area contributed by atoms with E-state index in [0.717, 1.165) is 0 Å². The van der Waals surface area contributed by atoms with Crippen molar-refractivity contribution in [3.05, 3.63) is 22.4 Å². The third-order valence-corrected chi connectivity index (χ3v) is 3.76. The molecule has 2 N–H and O–H groups in total. The van der Waals surface area contributed by atoms with Gasteiger partial charge in [0.25, 0.3) is 0 Å². The summed E-state index contributed by atoms with van der Waals surface area (Å²) in [7, 11) is 1.93. The summed E-state index contributed by atoms with van der Waals surface area (Å²) < 4.78 is 5.21. The van der Waals surface area contributed by atoms with Gasteiger partial charge in [-0.3, -0.25) is 0 Å². The third-order valence-electron chi connectivity index (χ3n) is 2.82. The van der Waals surface area contributed by atoms with Gasteiger partial charge in [0.15, 0.2) is 0 Å². The van der Waals surface area contributed by atoms with Gasteiger partial charge in [0.05, 0.1) is 31.3 Å². The summed E-state index contributed by atoms with van der Waals surface area (Å²) in [5, 5.41) is 14.7. The summed E-state index contributed by atoms with van der Waals surface area (Å²) in [6, 6.07) is 4.34. The van der Waals surface area contributed by atoms with Gasteiger partial charge in [-0.15, -0.1) is 11.3 Å². The highest BCUT2D eigenvalue weighted by Gasteiger charge is 2.45. The molecule has 4 heteroatoms. The Kier molecular flexibility index (Phi) is 2.88. The third kappa shape index (κ3) is 1.48. The summed E-state index contributed by atoms with van der Waals surface area (Å²) in [6.07, 6.45) is 0. The van der Waals surface area contributed by atoms with Crippen molar-refractivity contribution in [2.24, 2.45) is 5.41 Å². The standard InChI is InChI=1S/C10H15NO2S/c1-11-9(8-3-2-4-14-8)10(5-12)6-13-7-10/h2-4,9,11-12H,5-7H2,1H3. The van der Waals surface area contributed by atoms with Crippen LogP contribution in [0, 0.1) is 5.41 Å². The maximum Gasteiger partial charge on any atom is 0.0604 e. The molecule has 1 unspecified atom stereocenters. The number of hydrogen-bond acceptors (Lipinski definition) is 4. The van der Waals surface area contributed by atoms with E-state index < -0.39 is 0 Å². The molecular formula is C10H15NO2S. The number of aliphatic hydroxyl groups excluding tert-OH is 1. The first-order valence-corrected chi connectivity index (χ1v) is 5.60. The fraction of sp³-hybridized carbons (Fsp3) is 0.600. The van der Waals surface area contributed by atoms with Crippen LogP contribution in [0.4, 0.5) is 0 Å². The van der Waals surface area contributed by atoms with Crippen LogP contribution in [0.25, 0.3) is 0 Å². The van der Waals surface area contributed by atoms with Crippen LogP contribution in [-0.4, -0.2) is 32.0 Å². The van der Waals surface area contributed by atoms with Crippen molar-refractivity contribution in [2.45, 2.75) is 6.04 Å². The number of ether oxygens (including phenoxy) is 1. The number of thiophene rings is 1. The molecule has 1 aromatic heterocycles. The Labute approximate surface area is 87.7 Å². The van der Waals surface area contributed by atoms with E-state index in [1.54, 1.807) is 11.3 Å². The number of nitrogens with one attached hydrogen (secondary N) is 1. The van der Waals surface area contributed by atoms with E-state index in [1.807, 2.05) is 13.1 Å². The zero-order valence-electron chi connectivity index (χ0n) is 8.19. The van der Waals surface area contributed by atoms with E-state index in [4.69, 9.17) is 4.74 Å². The molecule has 1 atom stereocenters. The Bertz CT molecular complexity index is 277. The predicted octanol–water partition coefficient (Wildman–Crippen LogP) is 1.02. The van der Waals surface area contributed by atoms with Gasteiger partial charge in [-0.05, 0) is 18.5 Å². The van der Waals surface area contributed by atoms with Gasteiger partial charge in [-0.2, -0.15) is 0 Å². The minimum Gasteiger partial charge on any atom is -0.396 e. The van der Waals surface area contributed by atoms with E-state index in [-0.39, 0.29) is 18.1 Å². The molecule has 1 fully saturated rings. The quantitative estimate of drug-likeness (QED) is 0.784. The van der Waals surface area contributed by atoms with Gasteiger partial charge in [0.2, 0.25) is 0 Å². The van der Waals surface area contributed by atoms with Crippen molar-refractivity contribution in [2.75, 3.05) is 26.9 Å². The van der Waals surface area contributed by atoms with Gasteiger partial charge in [-0.25, -0.2) is 0 Å². The first kappa shape index (κ1) is 10.1. The number of hydrogen-bond donors (Lipinski definition) is 2. The molecule has 0 radical (unpaired) electrons. The van der Waals surface area contributed by atoms with Crippen molar-refractivity contribution in [3.63, 3.8) is 0 Å². The lowest BCUT2D eigenvalue weighted by Gasteiger charge is -2.45. The average molecular weight is 213 g/mol. The molecule has 14 heavy (non-hydrogen) atoms. The molecule has 0 saturated carbocycles. The zero-order chi connectivity index (χ0) is 10.0. The first-order chi connectivity index (χ1) is 6.82. The van der Waals surface area contributed by atoms with Crippen LogP contribution in [0.5, 0.6) is 0 Å². The lowest BCUT2D eigenvalue weighted by molar-refractivity contribution is -0.154. The average Bonchev–Trinajstić information content (AvgIpc) is 2.63. The SMILES string of the molecule is CNC(c1cccs1)C1(CO)COC1. The Hall–Kier alpha value is -0.420. The maximum atomic E-state index is 9.42. The Balaban J connectivity index is 2.20. The molecule has 0 aromatic carbocycles. The smallest absolute Gasteiger partial charge is 0.0604 e. The minimum atomic E-state index is -0.112. The molecule has 1 aromatic rings. The van der Waals surface area contributed by atoms with E-state index in [1.165, 1.54) is 4.88 Å². The second kappa shape index (κ2) is 3.98. The van der Waals surface area contributed by atoms with Crippen LogP contribution in [-0.2, 0) is 4.74 Å². The molecule has 1 saturated heterocycles. The molecule has 2 rings (SSSR count). The van der Waals surface area contributed by atoms with Gasteiger partial charge < -0.3 is 15.2 Å². The number of rotatable bonds is 4. The molecule has 0 spiro atoms. The summed E-state index contributed by atoms with van der Waals surface area (Å²) in [4.78, 5) is 1.27. The van der Waals surface area contributed by atoms with Crippen molar-refractivity contribution >= 4 is 11.3 Å². The molecule has 2 heterocycles. The molecule has 0 bridgehead atoms. The number of aliphatic hydroxyl groups is 1. The fourth-order valence-electron chi connectivity index (χ4n) is 1.92. The topological polar surface area (TPSA) is 41.5 Å². The first-order valence-electron chi connectivity index (χ1n) is 4.72. The second-order valence-electron chi connectivity index (χ2n) is 3.75. The molecule has 0 aliphatic carbocycles. The van der Waals surface area contributed by atoms with Gasteiger partial charge in [0, 0.05) is 4.88 Å². The summed E-state index contributed by atoms with van der Waals surface area (Å²) in [5.41, 5.74) is -0.112. The monoisotopic (exact) mass is 213 g/mol. The van der Waals surface area contributed by atoms with Crippen molar-refractivity contribution in [1.29, 1.82) is 0 Å². The van der Waals surface area contributed by atoms with E-state index >= 15 is 0 Å². The van der Waals surface area contributed by atoms with Crippen LogP contribution in [0.15, 0.2) is 17.5 Å². The Morgan fingerprint density at radius 3 is 2.86 bits per heavy atom. The summed E-state index contributed by atoms with van der Waals surface area (Å²) >= 11 is 1.72. The molecular weight excluding hydrogens is 198 g/mol.